The highest BCUT2D eigenvalue weighted by Crippen LogP contribution is 2.44. The third kappa shape index (κ3) is 3.45. The minimum atomic E-state index is -0.236. The largest absolute Gasteiger partial charge is 0.438 e. The summed E-state index contributed by atoms with van der Waals surface area (Å²) in [6, 6.07) is 49.1. The highest BCUT2D eigenvalue weighted by atomic mass is 16.3. The lowest BCUT2D eigenvalue weighted by atomic mass is 10.0. The summed E-state index contributed by atoms with van der Waals surface area (Å²) in [5, 5.41) is 9.85. The summed E-state index contributed by atoms with van der Waals surface area (Å²) in [5.74, 6) is 1.43. The second-order valence-corrected chi connectivity index (χ2v) is 10.9. The van der Waals surface area contributed by atoms with E-state index in [1.165, 1.54) is 32.6 Å². The first kappa shape index (κ1) is 23.1. The van der Waals surface area contributed by atoms with Crippen molar-refractivity contribution in [3.63, 3.8) is 0 Å². The molecule has 1 atom stereocenters. The molecule has 0 amide bonds. The van der Waals surface area contributed by atoms with Crippen LogP contribution in [0.3, 0.4) is 0 Å². The highest BCUT2D eigenvalue weighted by Gasteiger charge is 2.32. The van der Waals surface area contributed by atoms with Gasteiger partial charge in [-0.05, 0) is 52.2 Å². The van der Waals surface area contributed by atoms with Crippen molar-refractivity contribution < 1.29 is 4.42 Å². The molecule has 0 fully saturated rings. The van der Waals surface area contributed by atoms with Crippen LogP contribution in [0.15, 0.2) is 149 Å². The van der Waals surface area contributed by atoms with Crippen molar-refractivity contribution in [1.29, 1.82) is 0 Å². The normalized spacial score (nSPS) is 14.8. The number of benzene rings is 6. The maximum absolute atomic E-state index is 6.44. The second kappa shape index (κ2) is 8.95. The Morgan fingerprint density at radius 1 is 0.548 bits per heavy atom. The molecule has 0 saturated carbocycles. The number of fused-ring (bicyclic) bond motifs is 7. The van der Waals surface area contributed by atoms with Gasteiger partial charge >= 0.3 is 0 Å². The van der Waals surface area contributed by atoms with Crippen LogP contribution >= 0.6 is 0 Å². The Hall–Kier alpha value is -5.61. The van der Waals surface area contributed by atoms with Crippen LogP contribution in [0.5, 0.6) is 0 Å². The van der Waals surface area contributed by atoms with Crippen molar-refractivity contribution in [2.45, 2.75) is 6.17 Å². The molecule has 4 heteroatoms. The van der Waals surface area contributed by atoms with Crippen LogP contribution in [0, 0.1) is 0 Å². The van der Waals surface area contributed by atoms with E-state index in [2.05, 4.69) is 131 Å². The molecule has 2 aromatic heterocycles. The molecule has 1 aliphatic heterocycles. The summed E-state index contributed by atoms with van der Waals surface area (Å²) in [5.41, 5.74) is 7.55. The Morgan fingerprint density at radius 3 is 2.12 bits per heavy atom. The quantitative estimate of drug-likeness (QED) is 0.243. The molecule has 1 unspecified atom stereocenters. The fraction of sp³-hybridized carbons (Fsp3) is 0.0263. The first-order valence-electron chi connectivity index (χ1n) is 14.3. The lowest BCUT2D eigenvalue weighted by molar-refractivity contribution is 0.549. The number of para-hydroxylation sites is 2. The average Bonchev–Trinajstić information content (AvgIpc) is 3.59. The number of nitrogens with zero attached hydrogens (tertiary/aromatic N) is 2. The van der Waals surface area contributed by atoms with Crippen molar-refractivity contribution in [3.05, 3.63) is 151 Å². The number of rotatable bonds is 3. The summed E-state index contributed by atoms with van der Waals surface area (Å²) >= 11 is 0. The minimum absolute atomic E-state index is 0.236. The van der Waals surface area contributed by atoms with Crippen LogP contribution in [0.4, 0.5) is 5.88 Å². The van der Waals surface area contributed by atoms with Crippen LogP contribution in [0.25, 0.3) is 54.7 Å². The van der Waals surface area contributed by atoms with Gasteiger partial charge in [0.25, 0.3) is 0 Å². The molecule has 1 N–H and O–H groups in total. The zero-order chi connectivity index (χ0) is 27.6. The van der Waals surface area contributed by atoms with Crippen molar-refractivity contribution in [2.24, 2.45) is 4.99 Å². The fourth-order valence-electron chi connectivity index (χ4n) is 6.52. The van der Waals surface area contributed by atoms with Gasteiger partial charge < -0.3 is 14.3 Å². The van der Waals surface area contributed by atoms with Gasteiger partial charge in [-0.1, -0.05) is 109 Å². The number of hydrogen-bond acceptors (Lipinski definition) is 3. The van der Waals surface area contributed by atoms with Crippen LogP contribution in [0.2, 0.25) is 0 Å². The number of amidine groups is 1. The van der Waals surface area contributed by atoms with Crippen molar-refractivity contribution in [3.8, 4) is 11.1 Å². The molecule has 4 nitrogen and oxygen atoms in total. The van der Waals surface area contributed by atoms with E-state index in [4.69, 9.17) is 9.41 Å². The van der Waals surface area contributed by atoms with Crippen molar-refractivity contribution in [2.75, 3.05) is 0 Å². The molecule has 6 aromatic carbocycles. The maximum Gasteiger partial charge on any atom is 0.229 e. The standard InChI is InChI=1S/C38H25N3O/c1-2-11-24(12-3-1)25-15-10-16-28(21-25)36-39-37(35-30-18-7-9-20-34(30)42-38(35)40-36)41-32-19-8-6-17-29(32)31-22-26-13-4-5-14-27(26)23-33(31)41/h1-23,37H,(H,39,40). The van der Waals surface area contributed by atoms with Crippen molar-refractivity contribution in [1.82, 2.24) is 9.88 Å². The van der Waals surface area contributed by atoms with Crippen LogP contribution in [-0.4, -0.2) is 10.4 Å². The second-order valence-electron chi connectivity index (χ2n) is 10.9. The van der Waals surface area contributed by atoms with Gasteiger partial charge in [0, 0.05) is 21.7 Å². The molecular weight excluding hydrogens is 514 g/mol. The molecule has 0 spiro atoms. The predicted octanol–water partition coefficient (Wildman–Crippen LogP) is 9.59. The molecule has 42 heavy (non-hydrogen) atoms. The maximum atomic E-state index is 6.44. The topological polar surface area (TPSA) is 42.5 Å². The number of hydrogen-bond donors (Lipinski definition) is 1. The monoisotopic (exact) mass is 539 g/mol. The fourth-order valence-corrected chi connectivity index (χ4v) is 6.52. The van der Waals surface area contributed by atoms with Crippen LogP contribution < -0.4 is 5.32 Å². The van der Waals surface area contributed by atoms with E-state index in [0.29, 0.717) is 5.88 Å². The van der Waals surface area contributed by atoms with Gasteiger partial charge in [0.2, 0.25) is 5.88 Å². The van der Waals surface area contributed by atoms with Gasteiger partial charge in [0.1, 0.15) is 17.6 Å². The third-order valence-electron chi connectivity index (χ3n) is 8.45. The molecule has 3 heterocycles. The van der Waals surface area contributed by atoms with Gasteiger partial charge in [0.15, 0.2) is 0 Å². The molecule has 198 valence electrons. The minimum Gasteiger partial charge on any atom is -0.438 e. The molecule has 9 rings (SSSR count). The van der Waals surface area contributed by atoms with E-state index < -0.39 is 0 Å². The Balaban J connectivity index is 1.31. The van der Waals surface area contributed by atoms with Gasteiger partial charge in [-0.3, -0.25) is 0 Å². The Bertz CT molecular complexity index is 2340. The number of furan rings is 1. The van der Waals surface area contributed by atoms with Gasteiger partial charge in [-0.2, -0.15) is 4.99 Å². The Morgan fingerprint density at radius 2 is 1.24 bits per heavy atom. The average molecular weight is 540 g/mol. The molecule has 1 aliphatic rings. The molecule has 8 aromatic rings. The van der Waals surface area contributed by atoms with E-state index in [-0.39, 0.29) is 6.17 Å². The molecule has 0 radical (unpaired) electrons. The highest BCUT2D eigenvalue weighted by molar-refractivity contribution is 6.13. The number of aliphatic imine (C=N–C) groups is 1. The smallest absolute Gasteiger partial charge is 0.229 e. The van der Waals surface area contributed by atoms with Gasteiger partial charge in [-0.25, -0.2) is 0 Å². The van der Waals surface area contributed by atoms with E-state index >= 15 is 0 Å². The first-order valence-corrected chi connectivity index (χ1v) is 14.3. The lowest BCUT2D eigenvalue weighted by Gasteiger charge is -2.28. The van der Waals surface area contributed by atoms with E-state index in [9.17, 15) is 0 Å². The van der Waals surface area contributed by atoms with E-state index in [0.717, 1.165) is 39.0 Å². The molecule has 0 saturated heterocycles. The first-order chi connectivity index (χ1) is 20.8. The van der Waals surface area contributed by atoms with Crippen LogP contribution in [0.1, 0.15) is 17.3 Å². The lowest BCUT2D eigenvalue weighted by Crippen LogP contribution is -2.36. The summed E-state index contributed by atoms with van der Waals surface area (Å²) in [6.45, 7) is 0. The van der Waals surface area contributed by atoms with E-state index in [1.807, 2.05) is 18.2 Å². The number of nitrogens with one attached hydrogen (secondary N) is 1. The van der Waals surface area contributed by atoms with Gasteiger partial charge in [0.05, 0.1) is 16.6 Å². The van der Waals surface area contributed by atoms with E-state index in [1.54, 1.807) is 0 Å². The summed E-state index contributed by atoms with van der Waals surface area (Å²) in [4.78, 5) is 5.08. The molecular formula is C38H25N3O. The Kier molecular flexibility index (Phi) is 4.93. The zero-order valence-electron chi connectivity index (χ0n) is 22.7. The summed E-state index contributed by atoms with van der Waals surface area (Å²) < 4.78 is 8.86. The van der Waals surface area contributed by atoms with Gasteiger partial charge in [-0.15, -0.1) is 0 Å². The molecule has 0 bridgehead atoms. The summed E-state index contributed by atoms with van der Waals surface area (Å²) in [6.07, 6.45) is -0.236. The van der Waals surface area contributed by atoms with Crippen LogP contribution in [-0.2, 0) is 0 Å². The SMILES string of the molecule is c1ccc(-c2cccc(C3=Nc4oc5ccccc5c4C(n4c5ccccc5c5cc6ccccc6cc54)N3)c2)cc1. The van der Waals surface area contributed by atoms with Crippen molar-refractivity contribution >= 4 is 55.3 Å². The summed E-state index contributed by atoms with van der Waals surface area (Å²) in [7, 11) is 0. The predicted molar refractivity (Wildman–Crippen MR) is 173 cm³/mol. The third-order valence-corrected chi connectivity index (χ3v) is 8.45. The molecule has 0 aliphatic carbocycles. The number of aromatic nitrogens is 1. The zero-order valence-corrected chi connectivity index (χ0v) is 22.7. The Labute approximate surface area is 242 Å².